The summed E-state index contributed by atoms with van der Waals surface area (Å²) in [5.74, 6) is -0.0877. The number of nitrogens with two attached hydrogens (primary N) is 1. The maximum Gasteiger partial charge on any atom is 0.165 e. The second kappa shape index (κ2) is 4.79. The standard InChI is InChI=1S/C9H13FN2O/c1-13-9-3-2-7(4-8(9)10)5-12-6-11/h2-4,12H,5-6,11H2,1H3. The zero-order valence-corrected chi connectivity index (χ0v) is 7.51. The Morgan fingerprint density at radius 3 is 2.85 bits per heavy atom. The molecule has 0 atom stereocenters. The SMILES string of the molecule is COc1ccc(CNCN)cc1F. The molecule has 0 radical (unpaired) electrons. The van der Waals surface area contributed by atoms with Gasteiger partial charge < -0.3 is 15.8 Å². The molecule has 0 bridgehead atoms. The van der Waals surface area contributed by atoms with Crippen LogP contribution in [0.2, 0.25) is 0 Å². The molecule has 72 valence electrons. The second-order valence-electron chi connectivity index (χ2n) is 2.60. The predicted molar refractivity (Wildman–Crippen MR) is 48.8 cm³/mol. The third-order valence-electron chi connectivity index (χ3n) is 1.69. The minimum atomic E-state index is -0.348. The van der Waals surface area contributed by atoms with Crippen LogP contribution in [0.5, 0.6) is 5.75 Å². The van der Waals surface area contributed by atoms with Gasteiger partial charge in [0.25, 0.3) is 0 Å². The van der Waals surface area contributed by atoms with E-state index in [0.29, 0.717) is 13.2 Å². The maximum atomic E-state index is 13.1. The zero-order chi connectivity index (χ0) is 9.68. The zero-order valence-electron chi connectivity index (χ0n) is 7.51. The van der Waals surface area contributed by atoms with E-state index < -0.39 is 0 Å². The van der Waals surface area contributed by atoms with Gasteiger partial charge in [-0.2, -0.15) is 0 Å². The predicted octanol–water partition coefficient (Wildman–Crippen LogP) is 0.840. The van der Waals surface area contributed by atoms with Crippen LogP contribution in [0.4, 0.5) is 4.39 Å². The van der Waals surface area contributed by atoms with E-state index in [1.807, 2.05) is 0 Å². The molecule has 0 spiro atoms. The first-order valence-corrected chi connectivity index (χ1v) is 4.01. The highest BCUT2D eigenvalue weighted by atomic mass is 19.1. The molecule has 1 aromatic carbocycles. The van der Waals surface area contributed by atoms with Crippen molar-refractivity contribution in [3.8, 4) is 5.75 Å². The third kappa shape index (κ3) is 2.68. The molecule has 0 heterocycles. The van der Waals surface area contributed by atoms with Gasteiger partial charge in [-0.05, 0) is 17.7 Å². The van der Waals surface area contributed by atoms with Crippen LogP contribution in [0.1, 0.15) is 5.56 Å². The number of methoxy groups -OCH3 is 1. The molecule has 0 unspecified atom stereocenters. The van der Waals surface area contributed by atoms with Gasteiger partial charge in [0.1, 0.15) is 0 Å². The molecule has 0 amide bonds. The second-order valence-corrected chi connectivity index (χ2v) is 2.60. The first-order chi connectivity index (χ1) is 6.27. The van der Waals surface area contributed by atoms with Crippen LogP contribution >= 0.6 is 0 Å². The Labute approximate surface area is 76.7 Å². The van der Waals surface area contributed by atoms with E-state index in [1.54, 1.807) is 12.1 Å². The first-order valence-electron chi connectivity index (χ1n) is 4.01. The monoisotopic (exact) mass is 184 g/mol. The summed E-state index contributed by atoms with van der Waals surface area (Å²) in [6.07, 6.45) is 0. The van der Waals surface area contributed by atoms with E-state index >= 15 is 0 Å². The lowest BCUT2D eigenvalue weighted by atomic mass is 10.2. The van der Waals surface area contributed by atoms with Crippen molar-refractivity contribution in [2.45, 2.75) is 6.54 Å². The van der Waals surface area contributed by atoms with Gasteiger partial charge in [0.05, 0.1) is 7.11 Å². The molecular formula is C9H13FN2O. The highest BCUT2D eigenvalue weighted by molar-refractivity contribution is 5.29. The smallest absolute Gasteiger partial charge is 0.165 e. The number of hydrogen-bond donors (Lipinski definition) is 2. The highest BCUT2D eigenvalue weighted by Crippen LogP contribution is 2.17. The molecule has 0 saturated carbocycles. The number of hydrogen-bond acceptors (Lipinski definition) is 3. The topological polar surface area (TPSA) is 47.3 Å². The molecule has 0 aliphatic heterocycles. The largest absolute Gasteiger partial charge is 0.494 e. The Kier molecular flexibility index (Phi) is 3.67. The van der Waals surface area contributed by atoms with Gasteiger partial charge in [0, 0.05) is 13.2 Å². The number of nitrogens with one attached hydrogen (secondary N) is 1. The van der Waals surface area contributed by atoms with Gasteiger partial charge in [-0.25, -0.2) is 4.39 Å². The van der Waals surface area contributed by atoms with Crippen LogP contribution < -0.4 is 15.8 Å². The minimum Gasteiger partial charge on any atom is -0.494 e. The fourth-order valence-electron chi connectivity index (χ4n) is 1.04. The Hall–Kier alpha value is -1.13. The minimum absolute atomic E-state index is 0.261. The number of benzene rings is 1. The van der Waals surface area contributed by atoms with Crippen molar-refractivity contribution in [2.75, 3.05) is 13.8 Å². The normalized spacial score (nSPS) is 10.1. The van der Waals surface area contributed by atoms with Crippen molar-refractivity contribution in [1.82, 2.24) is 5.32 Å². The summed E-state index contributed by atoms with van der Waals surface area (Å²) in [6, 6.07) is 4.83. The molecule has 3 N–H and O–H groups in total. The Morgan fingerprint density at radius 2 is 2.31 bits per heavy atom. The quantitative estimate of drug-likeness (QED) is 0.682. The van der Waals surface area contributed by atoms with Crippen molar-refractivity contribution in [2.24, 2.45) is 5.73 Å². The lowest BCUT2D eigenvalue weighted by Gasteiger charge is -2.05. The Bertz CT molecular complexity index is 278. The average Bonchev–Trinajstić information content (AvgIpc) is 2.15. The van der Waals surface area contributed by atoms with Gasteiger partial charge in [0.2, 0.25) is 0 Å². The maximum absolute atomic E-state index is 13.1. The van der Waals surface area contributed by atoms with Crippen molar-refractivity contribution < 1.29 is 9.13 Å². The van der Waals surface area contributed by atoms with E-state index in [-0.39, 0.29) is 11.6 Å². The van der Waals surface area contributed by atoms with Crippen LogP contribution in [-0.2, 0) is 6.54 Å². The molecule has 1 aromatic rings. The highest BCUT2D eigenvalue weighted by Gasteiger charge is 2.02. The molecular weight excluding hydrogens is 171 g/mol. The fraction of sp³-hybridized carbons (Fsp3) is 0.333. The number of halogens is 1. The summed E-state index contributed by atoms with van der Waals surface area (Å²) < 4.78 is 17.9. The van der Waals surface area contributed by atoms with Crippen molar-refractivity contribution in [1.29, 1.82) is 0 Å². The van der Waals surface area contributed by atoms with E-state index in [4.69, 9.17) is 10.5 Å². The van der Waals surface area contributed by atoms with Crippen LogP contribution in [0.25, 0.3) is 0 Å². The van der Waals surface area contributed by atoms with Gasteiger partial charge in [-0.1, -0.05) is 6.07 Å². The summed E-state index contributed by atoms with van der Waals surface area (Å²) >= 11 is 0. The van der Waals surface area contributed by atoms with Gasteiger partial charge >= 0.3 is 0 Å². The van der Waals surface area contributed by atoms with Crippen LogP contribution in [-0.4, -0.2) is 13.8 Å². The molecule has 4 heteroatoms. The van der Waals surface area contributed by atoms with Crippen molar-refractivity contribution in [3.63, 3.8) is 0 Å². The summed E-state index contributed by atoms with van der Waals surface area (Å²) in [4.78, 5) is 0. The fourth-order valence-corrected chi connectivity index (χ4v) is 1.04. The molecule has 0 saturated heterocycles. The summed E-state index contributed by atoms with van der Waals surface area (Å²) in [7, 11) is 1.44. The van der Waals surface area contributed by atoms with Gasteiger partial charge in [0.15, 0.2) is 11.6 Å². The van der Waals surface area contributed by atoms with Crippen molar-refractivity contribution in [3.05, 3.63) is 29.6 Å². The first kappa shape index (κ1) is 9.95. The third-order valence-corrected chi connectivity index (χ3v) is 1.69. The number of ether oxygens (including phenoxy) is 1. The number of rotatable bonds is 4. The van der Waals surface area contributed by atoms with Crippen molar-refractivity contribution >= 4 is 0 Å². The molecule has 0 aliphatic carbocycles. The molecule has 3 nitrogen and oxygen atoms in total. The van der Waals surface area contributed by atoms with E-state index in [1.165, 1.54) is 13.2 Å². The Balaban J connectivity index is 2.71. The van der Waals surface area contributed by atoms with Crippen LogP contribution in [0.3, 0.4) is 0 Å². The molecule has 0 fully saturated rings. The molecule has 1 rings (SSSR count). The van der Waals surface area contributed by atoms with Gasteiger partial charge in [-0.3, -0.25) is 0 Å². The van der Waals surface area contributed by atoms with E-state index in [9.17, 15) is 4.39 Å². The van der Waals surface area contributed by atoms with E-state index in [2.05, 4.69) is 5.32 Å². The van der Waals surface area contributed by atoms with Crippen LogP contribution in [0.15, 0.2) is 18.2 Å². The summed E-state index contributed by atoms with van der Waals surface area (Å²) in [5.41, 5.74) is 6.09. The Morgan fingerprint density at radius 1 is 1.54 bits per heavy atom. The lowest BCUT2D eigenvalue weighted by Crippen LogP contribution is -2.21. The lowest BCUT2D eigenvalue weighted by molar-refractivity contribution is 0.386. The molecule has 0 aromatic heterocycles. The van der Waals surface area contributed by atoms with Crippen LogP contribution in [0, 0.1) is 5.82 Å². The summed E-state index contributed by atoms with van der Waals surface area (Å²) in [5, 5.41) is 2.90. The summed E-state index contributed by atoms with van der Waals surface area (Å²) in [6.45, 7) is 0.949. The molecule has 0 aliphatic rings. The average molecular weight is 184 g/mol. The van der Waals surface area contributed by atoms with E-state index in [0.717, 1.165) is 5.56 Å². The van der Waals surface area contributed by atoms with Gasteiger partial charge in [-0.15, -0.1) is 0 Å². The molecule has 13 heavy (non-hydrogen) atoms.